The molecule has 0 heterocycles. The van der Waals surface area contributed by atoms with E-state index in [9.17, 15) is 14.3 Å². The molecule has 0 amide bonds. The summed E-state index contributed by atoms with van der Waals surface area (Å²) < 4.78 is 35.0. The lowest BCUT2D eigenvalue weighted by atomic mass is 10.0. The standard InChI is InChI=1S/C44H86NO7P/c1-6-8-10-12-14-16-18-20-22-24-26-28-30-32-34-36-39-49-43(42-52-53(47,48)51-40-38-45(3,4)5)41-50-44(46)37-35-33-31-29-27-25-23-21-19-17-15-13-11-9-7-2/h14,16,20,22,43H,6-13,15,17-19,21,23-42H2,1-5H3/p+1/b16-14-,22-20-/t43-/m1/s1. The minimum Gasteiger partial charge on any atom is -0.463 e. The fourth-order valence-corrected chi connectivity index (χ4v) is 6.77. The van der Waals surface area contributed by atoms with Gasteiger partial charge in [-0.15, -0.1) is 0 Å². The van der Waals surface area contributed by atoms with Gasteiger partial charge in [0.15, 0.2) is 0 Å². The number of carbonyl (C=O) groups excluding carboxylic acids is 1. The van der Waals surface area contributed by atoms with Crippen molar-refractivity contribution in [1.29, 1.82) is 0 Å². The third-order valence-corrected chi connectivity index (χ3v) is 10.5. The van der Waals surface area contributed by atoms with Crippen LogP contribution in [-0.2, 0) is 27.9 Å². The highest BCUT2D eigenvalue weighted by Crippen LogP contribution is 2.43. The van der Waals surface area contributed by atoms with Gasteiger partial charge < -0.3 is 18.9 Å². The number of nitrogens with zero attached hydrogens (tertiary/aromatic N) is 1. The van der Waals surface area contributed by atoms with E-state index in [0.29, 0.717) is 24.1 Å². The number of esters is 1. The van der Waals surface area contributed by atoms with Crippen molar-refractivity contribution < 1.29 is 37.3 Å². The van der Waals surface area contributed by atoms with Crippen molar-refractivity contribution >= 4 is 13.8 Å². The quantitative estimate of drug-likeness (QED) is 0.0217. The number of quaternary nitrogens is 1. The van der Waals surface area contributed by atoms with Gasteiger partial charge in [0.2, 0.25) is 0 Å². The van der Waals surface area contributed by atoms with Gasteiger partial charge in [-0.25, -0.2) is 4.57 Å². The van der Waals surface area contributed by atoms with Crippen molar-refractivity contribution in [1.82, 2.24) is 0 Å². The fraction of sp³-hybridized carbons (Fsp3) is 0.886. The van der Waals surface area contributed by atoms with Crippen LogP contribution in [-0.4, -0.2) is 75.6 Å². The molecule has 0 radical (unpaired) electrons. The molecule has 0 fully saturated rings. The van der Waals surface area contributed by atoms with Crippen LogP contribution in [0.5, 0.6) is 0 Å². The first-order valence-corrected chi connectivity index (χ1v) is 23.6. The monoisotopic (exact) mass is 773 g/mol. The Hall–Kier alpha value is -1.02. The lowest BCUT2D eigenvalue weighted by molar-refractivity contribution is -0.870. The number of unbranched alkanes of at least 4 members (excludes halogenated alkanes) is 23. The van der Waals surface area contributed by atoms with Crippen molar-refractivity contribution in [3.63, 3.8) is 0 Å². The Kier molecular flexibility index (Phi) is 37.2. The van der Waals surface area contributed by atoms with Crippen LogP contribution >= 0.6 is 7.82 Å². The van der Waals surface area contributed by atoms with Crippen LogP contribution < -0.4 is 0 Å². The first kappa shape index (κ1) is 52.0. The van der Waals surface area contributed by atoms with Crippen LogP contribution in [0.1, 0.15) is 194 Å². The highest BCUT2D eigenvalue weighted by molar-refractivity contribution is 7.47. The Balaban J connectivity index is 4.23. The normalized spacial score (nSPS) is 14.0. The third kappa shape index (κ3) is 42.0. The second-order valence-electron chi connectivity index (χ2n) is 16.1. The van der Waals surface area contributed by atoms with Gasteiger partial charge in [0, 0.05) is 13.0 Å². The molecular formula is C44H87NO7P+. The molecule has 9 heteroatoms. The zero-order valence-electron chi connectivity index (χ0n) is 35.5. The van der Waals surface area contributed by atoms with E-state index in [-0.39, 0.29) is 25.8 Å². The van der Waals surface area contributed by atoms with Crippen molar-refractivity contribution in [2.45, 2.75) is 200 Å². The highest BCUT2D eigenvalue weighted by atomic mass is 31.2. The molecule has 53 heavy (non-hydrogen) atoms. The predicted octanol–water partition coefficient (Wildman–Crippen LogP) is 12.8. The minimum absolute atomic E-state index is 0.00137. The first-order valence-electron chi connectivity index (χ1n) is 22.1. The van der Waals surface area contributed by atoms with Gasteiger partial charge >= 0.3 is 13.8 Å². The molecule has 2 atom stereocenters. The van der Waals surface area contributed by atoms with E-state index in [0.717, 1.165) is 51.4 Å². The molecule has 0 aliphatic rings. The largest absolute Gasteiger partial charge is 0.472 e. The van der Waals surface area contributed by atoms with Gasteiger partial charge in [0.1, 0.15) is 25.9 Å². The number of hydrogen-bond acceptors (Lipinski definition) is 6. The summed E-state index contributed by atoms with van der Waals surface area (Å²) in [5.74, 6) is -0.256. The van der Waals surface area contributed by atoms with E-state index in [4.69, 9.17) is 18.5 Å². The molecule has 0 aliphatic heterocycles. The van der Waals surface area contributed by atoms with Gasteiger partial charge in [-0.05, 0) is 44.9 Å². The van der Waals surface area contributed by atoms with Crippen LogP contribution in [0.2, 0.25) is 0 Å². The number of phosphoric acid groups is 1. The number of allylic oxidation sites excluding steroid dienone is 4. The van der Waals surface area contributed by atoms with Crippen molar-refractivity contribution in [2.24, 2.45) is 0 Å². The first-order chi connectivity index (χ1) is 25.6. The lowest BCUT2D eigenvalue weighted by Gasteiger charge is -2.24. The molecule has 314 valence electrons. The van der Waals surface area contributed by atoms with E-state index in [1.165, 1.54) is 122 Å². The van der Waals surface area contributed by atoms with E-state index in [2.05, 4.69) is 38.2 Å². The average molecular weight is 773 g/mol. The summed E-state index contributed by atoms with van der Waals surface area (Å²) in [6.07, 6.45) is 42.1. The van der Waals surface area contributed by atoms with Gasteiger partial charge in [0.25, 0.3) is 0 Å². The molecule has 1 N–H and O–H groups in total. The van der Waals surface area contributed by atoms with E-state index in [1.54, 1.807) is 0 Å². The van der Waals surface area contributed by atoms with E-state index < -0.39 is 13.9 Å². The van der Waals surface area contributed by atoms with Crippen molar-refractivity contribution in [2.75, 3.05) is 54.1 Å². The van der Waals surface area contributed by atoms with Crippen LogP contribution in [0, 0.1) is 0 Å². The summed E-state index contributed by atoms with van der Waals surface area (Å²) in [7, 11) is 1.71. The Bertz CT molecular complexity index is 905. The predicted molar refractivity (Wildman–Crippen MR) is 224 cm³/mol. The number of ether oxygens (including phenoxy) is 2. The molecule has 0 aromatic carbocycles. The van der Waals surface area contributed by atoms with Gasteiger partial charge in [-0.2, -0.15) is 0 Å². The average Bonchev–Trinajstić information content (AvgIpc) is 3.11. The molecule has 0 aromatic rings. The van der Waals surface area contributed by atoms with Gasteiger partial charge in [-0.3, -0.25) is 13.8 Å². The lowest BCUT2D eigenvalue weighted by Crippen LogP contribution is -2.37. The SMILES string of the molecule is CCCCC/C=C\C/C=C\CCCCCCCCO[C@H](COC(=O)CCCCCCCCCCCCCCCCC)COP(=O)(O)OCC[N+](C)(C)C. The summed E-state index contributed by atoms with van der Waals surface area (Å²) in [4.78, 5) is 22.7. The smallest absolute Gasteiger partial charge is 0.463 e. The molecule has 0 spiro atoms. The Morgan fingerprint density at radius 3 is 1.57 bits per heavy atom. The fourth-order valence-electron chi connectivity index (χ4n) is 6.03. The summed E-state index contributed by atoms with van der Waals surface area (Å²) in [5.41, 5.74) is 0. The number of phosphoric ester groups is 1. The molecule has 0 rings (SSSR count). The molecule has 0 bridgehead atoms. The summed E-state index contributed by atoms with van der Waals surface area (Å²) in [6, 6.07) is 0. The Morgan fingerprint density at radius 2 is 1.04 bits per heavy atom. The van der Waals surface area contributed by atoms with Crippen LogP contribution in [0.25, 0.3) is 0 Å². The second kappa shape index (κ2) is 37.9. The summed E-state index contributed by atoms with van der Waals surface area (Å²) in [5, 5.41) is 0. The molecular weight excluding hydrogens is 685 g/mol. The highest BCUT2D eigenvalue weighted by Gasteiger charge is 2.25. The van der Waals surface area contributed by atoms with Crippen LogP contribution in [0.15, 0.2) is 24.3 Å². The molecule has 0 saturated heterocycles. The van der Waals surface area contributed by atoms with Gasteiger partial charge in [-0.1, -0.05) is 167 Å². The maximum absolute atomic E-state index is 12.5. The van der Waals surface area contributed by atoms with E-state index >= 15 is 0 Å². The van der Waals surface area contributed by atoms with Crippen molar-refractivity contribution in [3.8, 4) is 0 Å². The molecule has 0 aliphatic carbocycles. The number of rotatable bonds is 41. The number of carbonyl (C=O) groups is 1. The second-order valence-corrected chi connectivity index (χ2v) is 17.5. The van der Waals surface area contributed by atoms with Crippen LogP contribution in [0.4, 0.5) is 0 Å². The van der Waals surface area contributed by atoms with E-state index in [1.807, 2.05) is 21.1 Å². The van der Waals surface area contributed by atoms with Crippen molar-refractivity contribution in [3.05, 3.63) is 24.3 Å². The van der Waals surface area contributed by atoms with Gasteiger partial charge in [0.05, 0.1) is 27.7 Å². The summed E-state index contributed by atoms with van der Waals surface area (Å²) >= 11 is 0. The maximum Gasteiger partial charge on any atom is 0.472 e. The minimum atomic E-state index is -4.24. The molecule has 0 aromatic heterocycles. The third-order valence-electron chi connectivity index (χ3n) is 9.55. The Morgan fingerprint density at radius 1 is 0.585 bits per heavy atom. The Labute approximate surface area is 328 Å². The topological polar surface area (TPSA) is 91.3 Å². The number of hydrogen-bond donors (Lipinski definition) is 1. The number of likely N-dealkylation sites (N-methyl/N-ethyl adjacent to an activating group) is 1. The maximum atomic E-state index is 12.5. The summed E-state index contributed by atoms with van der Waals surface area (Å²) in [6.45, 7) is 5.49. The zero-order chi connectivity index (χ0) is 39.1. The molecule has 0 saturated carbocycles. The zero-order valence-corrected chi connectivity index (χ0v) is 36.4. The molecule has 1 unspecified atom stereocenters. The van der Waals surface area contributed by atoms with Crippen LogP contribution in [0.3, 0.4) is 0 Å². The molecule has 8 nitrogen and oxygen atoms in total.